The molecule has 14 heavy (non-hydrogen) atoms. The second-order valence-corrected chi connectivity index (χ2v) is 5.06. The first-order valence-electron chi connectivity index (χ1n) is 4.05. The fourth-order valence-corrected chi connectivity index (χ4v) is 2.28. The fraction of sp³-hybridized carbons (Fsp3) is 0.333. The van der Waals surface area contributed by atoms with Gasteiger partial charge < -0.3 is 14.2 Å². The Morgan fingerprint density at radius 3 is 2.29 bits per heavy atom. The zero-order chi connectivity index (χ0) is 10.8. The summed E-state index contributed by atoms with van der Waals surface area (Å²) in [4.78, 5) is 0. The maximum atomic E-state index is 11.9. The van der Waals surface area contributed by atoms with E-state index in [1.54, 1.807) is 12.1 Å². The lowest BCUT2D eigenvalue weighted by atomic mass is 10.2. The minimum absolute atomic E-state index is 0.0722. The van der Waals surface area contributed by atoms with E-state index < -0.39 is 7.60 Å². The fourth-order valence-electron chi connectivity index (χ4n) is 1.14. The molecule has 0 aliphatic carbocycles. The highest BCUT2D eigenvalue weighted by atomic mass is 31.2. The quantitative estimate of drug-likeness (QED) is 0.783. The minimum Gasteiger partial charge on any atom is -0.507 e. The van der Waals surface area contributed by atoms with Gasteiger partial charge in [-0.05, 0) is 24.6 Å². The van der Waals surface area contributed by atoms with Gasteiger partial charge in [0.2, 0.25) is 0 Å². The number of aryl methyl sites for hydroxylation is 1. The average molecular weight is 216 g/mol. The molecule has 4 nitrogen and oxygen atoms in total. The van der Waals surface area contributed by atoms with Crippen molar-refractivity contribution in [1.82, 2.24) is 0 Å². The molecule has 0 spiro atoms. The van der Waals surface area contributed by atoms with Gasteiger partial charge in [0.25, 0.3) is 0 Å². The molecule has 1 rings (SSSR count). The number of aromatic hydroxyl groups is 1. The summed E-state index contributed by atoms with van der Waals surface area (Å²) in [5.41, 5.74) is 0.880. The molecule has 78 valence electrons. The van der Waals surface area contributed by atoms with Crippen molar-refractivity contribution in [2.24, 2.45) is 0 Å². The number of rotatable bonds is 3. The first-order chi connectivity index (χ1) is 6.53. The second-order valence-electron chi connectivity index (χ2n) is 2.85. The summed E-state index contributed by atoms with van der Waals surface area (Å²) in [6.45, 7) is 1.83. The molecule has 0 fully saturated rings. The van der Waals surface area contributed by atoms with E-state index in [-0.39, 0.29) is 11.1 Å². The highest BCUT2D eigenvalue weighted by Crippen LogP contribution is 2.47. The maximum Gasteiger partial charge on any atom is 0.364 e. The lowest BCUT2D eigenvalue weighted by Gasteiger charge is -2.14. The molecule has 0 saturated heterocycles. The van der Waals surface area contributed by atoms with E-state index in [1.165, 1.54) is 20.3 Å². The predicted molar refractivity (Wildman–Crippen MR) is 54.1 cm³/mol. The van der Waals surface area contributed by atoms with Crippen molar-refractivity contribution in [3.8, 4) is 5.75 Å². The topological polar surface area (TPSA) is 55.8 Å². The Labute approximate surface area is 83.0 Å². The molecule has 0 amide bonds. The van der Waals surface area contributed by atoms with Crippen LogP contribution in [0.4, 0.5) is 0 Å². The third-order valence-corrected chi connectivity index (χ3v) is 3.84. The average Bonchev–Trinajstić information content (AvgIpc) is 2.17. The van der Waals surface area contributed by atoms with Gasteiger partial charge >= 0.3 is 7.60 Å². The van der Waals surface area contributed by atoms with Crippen LogP contribution >= 0.6 is 7.60 Å². The monoisotopic (exact) mass is 216 g/mol. The minimum atomic E-state index is -3.34. The van der Waals surface area contributed by atoms with Gasteiger partial charge in [0.05, 0.1) is 0 Å². The summed E-state index contributed by atoms with van der Waals surface area (Å²) >= 11 is 0. The lowest BCUT2D eigenvalue weighted by molar-refractivity contribution is 0.286. The van der Waals surface area contributed by atoms with Crippen LogP contribution in [0.25, 0.3) is 0 Å². The number of benzene rings is 1. The normalized spacial score (nSPS) is 11.6. The number of phenolic OH excluding ortho intramolecular Hbond substituents is 1. The number of hydrogen-bond acceptors (Lipinski definition) is 4. The lowest BCUT2D eigenvalue weighted by Crippen LogP contribution is -2.08. The summed E-state index contributed by atoms with van der Waals surface area (Å²) in [7, 11) is -0.778. The molecule has 1 aromatic rings. The summed E-state index contributed by atoms with van der Waals surface area (Å²) in [5.74, 6) is -0.0722. The van der Waals surface area contributed by atoms with Crippen LogP contribution in [0.2, 0.25) is 0 Å². The van der Waals surface area contributed by atoms with Crippen molar-refractivity contribution in [2.45, 2.75) is 6.92 Å². The molecule has 0 heterocycles. The van der Waals surface area contributed by atoms with E-state index in [4.69, 9.17) is 9.05 Å². The molecule has 0 aromatic heterocycles. The second kappa shape index (κ2) is 4.13. The van der Waals surface area contributed by atoms with Crippen molar-refractivity contribution in [3.05, 3.63) is 23.8 Å². The molecular formula is C9H13O4P. The van der Waals surface area contributed by atoms with Crippen LogP contribution < -0.4 is 5.30 Å². The van der Waals surface area contributed by atoms with Crippen LogP contribution in [-0.2, 0) is 13.6 Å². The summed E-state index contributed by atoms with van der Waals surface area (Å²) in [5, 5.41) is 9.75. The highest BCUT2D eigenvalue weighted by molar-refractivity contribution is 7.62. The third-order valence-electron chi connectivity index (χ3n) is 1.91. The largest absolute Gasteiger partial charge is 0.507 e. The van der Waals surface area contributed by atoms with Crippen LogP contribution in [-0.4, -0.2) is 19.3 Å². The smallest absolute Gasteiger partial charge is 0.364 e. The SMILES string of the molecule is COP(=O)(OC)c1ccc(C)cc1O. The summed E-state index contributed by atoms with van der Waals surface area (Å²) < 4.78 is 21.4. The van der Waals surface area contributed by atoms with Crippen LogP contribution in [0.3, 0.4) is 0 Å². The Morgan fingerprint density at radius 1 is 1.29 bits per heavy atom. The zero-order valence-corrected chi connectivity index (χ0v) is 9.25. The zero-order valence-electron chi connectivity index (χ0n) is 8.35. The molecule has 1 aromatic carbocycles. The van der Waals surface area contributed by atoms with Gasteiger partial charge in [-0.1, -0.05) is 6.07 Å². The standard InChI is InChI=1S/C9H13O4P/c1-7-4-5-9(8(10)6-7)14(11,12-2)13-3/h4-6,10H,1-3H3. The third kappa shape index (κ3) is 1.98. The van der Waals surface area contributed by atoms with Crippen LogP contribution in [0.5, 0.6) is 5.75 Å². The molecule has 0 saturated carbocycles. The van der Waals surface area contributed by atoms with Crippen molar-refractivity contribution in [2.75, 3.05) is 14.2 Å². The van der Waals surface area contributed by atoms with E-state index in [1.807, 2.05) is 6.92 Å². The summed E-state index contributed by atoms with van der Waals surface area (Å²) in [6, 6.07) is 4.79. The highest BCUT2D eigenvalue weighted by Gasteiger charge is 2.27. The number of phenols is 1. The van der Waals surface area contributed by atoms with Gasteiger partial charge in [0, 0.05) is 14.2 Å². The van der Waals surface area contributed by atoms with Gasteiger partial charge in [-0.3, -0.25) is 4.57 Å². The van der Waals surface area contributed by atoms with Crippen molar-refractivity contribution in [1.29, 1.82) is 0 Å². The Morgan fingerprint density at radius 2 is 1.86 bits per heavy atom. The number of hydrogen-bond donors (Lipinski definition) is 1. The van der Waals surface area contributed by atoms with Gasteiger partial charge in [-0.2, -0.15) is 0 Å². The predicted octanol–water partition coefficient (Wildman–Crippen LogP) is 1.81. The first kappa shape index (κ1) is 11.2. The molecule has 0 aliphatic rings. The molecule has 0 radical (unpaired) electrons. The summed E-state index contributed by atoms with van der Waals surface area (Å²) in [6.07, 6.45) is 0. The Hall–Kier alpha value is -0.830. The van der Waals surface area contributed by atoms with Crippen LogP contribution in [0.15, 0.2) is 18.2 Å². The molecule has 5 heteroatoms. The Kier molecular flexibility index (Phi) is 3.32. The van der Waals surface area contributed by atoms with Gasteiger partial charge in [0.1, 0.15) is 11.1 Å². The van der Waals surface area contributed by atoms with E-state index in [0.717, 1.165) is 5.56 Å². The molecular weight excluding hydrogens is 203 g/mol. The van der Waals surface area contributed by atoms with Gasteiger partial charge in [-0.15, -0.1) is 0 Å². The Balaban J connectivity index is 3.25. The maximum absolute atomic E-state index is 11.9. The van der Waals surface area contributed by atoms with Crippen LogP contribution in [0.1, 0.15) is 5.56 Å². The van der Waals surface area contributed by atoms with E-state index in [2.05, 4.69) is 0 Å². The van der Waals surface area contributed by atoms with Gasteiger partial charge in [-0.25, -0.2) is 0 Å². The van der Waals surface area contributed by atoms with Crippen molar-refractivity contribution < 1.29 is 18.7 Å². The van der Waals surface area contributed by atoms with E-state index in [9.17, 15) is 9.67 Å². The van der Waals surface area contributed by atoms with Crippen LogP contribution in [0, 0.1) is 6.92 Å². The Bertz CT molecular complexity index is 367. The van der Waals surface area contributed by atoms with E-state index in [0.29, 0.717) is 0 Å². The molecule has 0 atom stereocenters. The first-order valence-corrected chi connectivity index (χ1v) is 5.59. The van der Waals surface area contributed by atoms with Crippen molar-refractivity contribution in [3.63, 3.8) is 0 Å². The van der Waals surface area contributed by atoms with Gasteiger partial charge in [0.15, 0.2) is 0 Å². The van der Waals surface area contributed by atoms with Crippen molar-refractivity contribution >= 4 is 12.9 Å². The molecule has 1 N–H and O–H groups in total. The molecule has 0 unspecified atom stereocenters. The molecule has 0 bridgehead atoms. The van der Waals surface area contributed by atoms with E-state index >= 15 is 0 Å². The molecule has 0 aliphatic heterocycles.